The fourth-order valence-electron chi connectivity index (χ4n) is 2.25. The molecule has 0 fully saturated rings. The molecule has 5 nitrogen and oxygen atoms in total. The van der Waals surface area contributed by atoms with Gasteiger partial charge >= 0.3 is 0 Å². The highest BCUT2D eigenvalue weighted by molar-refractivity contribution is 5.57. The smallest absolute Gasteiger partial charge is 0.164 e. The number of hydrogen-bond donors (Lipinski definition) is 1. The monoisotopic (exact) mass is 239 g/mol. The lowest BCUT2D eigenvalue weighted by Crippen LogP contribution is -2.32. The second-order valence-corrected chi connectivity index (χ2v) is 4.40. The third-order valence-corrected chi connectivity index (χ3v) is 3.22. The lowest BCUT2D eigenvalue weighted by Gasteiger charge is -2.21. The third kappa shape index (κ3) is 1.67. The lowest BCUT2D eigenvalue weighted by atomic mass is 10.1. The van der Waals surface area contributed by atoms with Gasteiger partial charge in [-0.2, -0.15) is 5.26 Å². The highest BCUT2D eigenvalue weighted by Gasteiger charge is 2.21. The quantitative estimate of drug-likeness (QED) is 0.818. The molecule has 1 unspecified atom stereocenters. The molecule has 0 aliphatic carbocycles. The van der Waals surface area contributed by atoms with Crippen molar-refractivity contribution in [3.05, 3.63) is 35.7 Å². The predicted octanol–water partition coefficient (Wildman–Crippen LogP) is 1.48. The minimum absolute atomic E-state index is 0.235. The summed E-state index contributed by atoms with van der Waals surface area (Å²) in [6.07, 6.45) is 0. The van der Waals surface area contributed by atoms with Crippen LogP contribution in [0, 0.1) is 11.3 Å². The number of rotatable bonds is 1. The summed E-state index contributed by atoms with van der Waals surface area (Å²) in [5.41, 5.74) is 1.66. The van der Waals surface area contributed by atoms with Crippen LogP contribution >= 0.6 is 0 Å². The molecule has 90 valence electrons. The maximum Gasteiger partial charge on any atom is 0.164 e. The van der Waals surface area contributed by atoms with Crippen molar-refractivity contribution in [3.63, 3.8) is 0 Å². The summed E-state index contributed by atoms with van der Waals surface area (Å²) in [5, 5.41) is 20.7. The number of nitrogens with zero attached hydrogens (tertiary/aromatic N) is 4. The van der Waals surface area contributed by atoms with Crippen LogP contribution in [0.1, 0.15) is 24.4 Å². The molecule has 0 saturated carbocycles. The second kappa shape index (κ2) is 4.24. The standard InChI is InChI=1S/C13H13N5/c1-9-12-16-17-13(18(12)7-6-15-9)11-4-2-10(8-14)3-5-11/h2-5,9,15H,6-7H2,1H3. The van der Waals surface area contributed by atoms with Gasteiger partial charge in [0.1, 0.15) is 5.82 Å². The molecule has 0 amide bonds. The van der Waals surface area contributed by atoms with Crippen molar-refractivity contribution >= 4 is 0 Å². The topological polar surface area (TPSA) is 66.5 Å². The van der Waals surface area contributed by atoms with Crippen molar-refractivity contribution in [2.45, 2.75) is 19.5 Å². The van der Waals surface area contributed by atoms with E-state index in [9.17, 15) is 0 Å². The molecule has 1 atom stereocenters. The van der Waals surface area contributed by atoms with E-state index in [-0.39, 0.29) is 6.04 Å². The molecular weight excluding hydrogens is 226 g/mol. The van der Waals surface area contributed by atoms with E-state index < -0.39 is 0 Å². The van der Waals surface area contributed by atoms with E-state index in [2.05, 4.69) is 33.1 Å². The van der Waals surface area contributed by atoms with Crippen molar-refractivity contribution in [2.24, 2.45) is 0 Å². The van der Waals surface area contributed by atoms with Gasteiger partial charge < -0.3 is 9.88 Å². The molecule has 1 aromatic heterocycles. The molecule has 1 aliphatic rings. The molecule has 5 heteroatoms. The second-order valence-electron chi connectivity index (χ2n) is 4.40. The molecule has 3 rings (SSSR count). The first-order valence-electron chi connectivity index (χ1n) is 5.96. The molecule has 0 spiro atoms. The van der Waals surface area contributed by atoms with Gasteiger partial charge in [0.15, 0.2) is 5.82 Å². The molecule has 1 aliphatic heterocycles. The first kappa shape index (κ1) is 10.9. The Morgan fingerprint density at radius 2 is 2.11 bits per heavy atom. The number of nitrogens with one attached hydrogen (secondary N) is 1. The number of fused-ring (bicyclic) bond motifs is 1. The van der Waals surface area contributed by atoms with Gasteiger partial charge in [0.2, 0.25) is 0 Å². The van der Waals surface area contributed by atoms with Crippen molar-refractivity contribution in [3.8, 4) is 17.5 Å². The average molecular weight is 239 g/mol. The summed E-state index contributed by atoms with van der Waals surface area (Å²) in [6, 6.07) is 9.80. The summed E-state index contributed by atoms with van der Waals surface area (Å²) >= 11 is 0. The van der Waals surface area contributed by atoms with Crippen LogP contribution in [0.25, 0.3) is 11.4 Å². The van der Waals surface area contributed by atoms with Crippen molar-refractivity contribution < 1.29 is 0 Å². The summed E-state index contributed by atoms with van der Waals surface area (Å²) in [7, 11) is 0. The van der Waals surface area contributed by atoms with Crippen LogP contribution in [-0.4, -0.2) is 21.3 Å². The molecule has 1 N–H and O–H groups in total. The van der Waals surface area contributed by atoms with Crippen molar-refractivity contribution in [1.29, 1.82) is 5.26 Å². The van der Waals surface area contributed by atoms with Crippen LogP contribution in [0.3, 0.4) is 0 Å². The summed E-state index contributed by atoms with van der Waals surface area (Å²) in [4.78, 5) is 0. The van der Waals surface area contributed by atoms with E-state index in [1.807, 2.05) is 24.3 Å². The predicted molar refractivity (Wildman–Crippen MR) is 66.6 cm³/mol. The van der Waals surface area contributed by atoms with E-state index in [1.54, 1.807) is 0 Å². The van der Waals surface area contributed by atoms with Crippen LogP contribution in [0.15, 0.2) is 24.3 Å². The molecule has 18 heavy (non-hydrogen) atoms. The van der Waals surface area contributed by atoms with E-state index >= 15 is 0 Å². The van der Waals surface area contributed by atoms with E-state index in [0.717, 1.165) is 30.3 Å². The Hall–Kier alpha value is -2.19. The lowest BCUT2D eigenvalue weighted by molar-refractivity contribution is 0.439. The van der Waals surface area contributed by atoms with Gasteiger partial charge in [-0.3, -0.25) is 0 Å². The van der Waals surface area contributed by atoms with Crippen LogP contribution in [0.2, 0.25) is 0 Å². The first-order chi connectivity index (χ1) is 8.79. The summed E-state index contributed by atoms with van der Waals surface area (Å²) in [6.45, 7) is 3.89. The molecule has 0 radical (unpaired) electrons. The molecule has 1 aromatic carbocycles. The van der Waals surface area contributed by atoms with Gasteiger partial charge in [-0.15, -0.1) is 10.2 Å². The Bertz CT molecular complexity index is 605. The molecular formula is C13H13N5. The zero-order chi connectivity index (χ0) is 12.5. The molecule has 2 aromatic rings. The average Bonchev–Trinajstić information content (AvgIpc) is 2.84. The van der Waals surface area contributed by atoms with Gasteiger partial charge in [-0.1, -0.05) is 0 Å². The zero-order valence-electron chi connectivity index (χ0n) is 10.1. The number of nitriles is 1. The molecule has 0 bridgehead atoms. The molecule has 2 heterocycles. The Morgan fingerprint density at radius 3 is 2.83 bits per heavy atom. The van der Waals surface area contributed by atoms with E-state index in [0.29, 0.717) is 5.56 Å². The highest BCUT2D eigenvalue weighted by Crippen LogP contribution is 2.23. The van der Waals surface area contributed by atoms with E-state index in [1.165, 1.54) is 0 Å². The SMILES string of the molecule is CC1NCCn2c(-c3ccc(C#N)cc3)nnc21. The van der Waals surface area contributed by atoms with Gasteiger partial charge in [0, 0.05) is 18.7 Å². The van der Waals surface area contributed by atoms with Crippen molar-refractivity contribution in [1.82, 2.24) is 20.1 Å². The largest absolute Gasteiger partial charge is 0.308 e. The number of benzene rings is 1. The van der Waals surface area contributed by atoms with Crippen LogP contribution in [0.5, 0.6) is 0 Å². The fraction of sp³-hybridized carbons (Fsp3) is 0.308. The van der Waals surface area contributed by atoms with Crippen molar-refractivity contribution in [2.75, 3.05) is 6.54 Å². The molecule has 0 saturated heterocycles. The summed E-state index contributed by atoms with van der Waals surface area (Å²) in [5.74, 6) is 1.85. The normalized spacial score (nSPS) is 18.1. The Kier molecular flexibility index (Phi) is 2.58. The van der Waals surface area contributed by atoms with Gasteiger partial charge in [0.25, 0.3) is 0 Å². The highest BCUT2D eigenvalue weighted by atomic mass is 15.3. The Labute approximate surface area is 105 Å². The zero-order valence-corrected chi connectivity index (χ0v) is 10.1. The van der Waals surface area contributed by atoms with E-state index in [4.69, 9.17) is 5.26 Å². The maximum atomic E-state index is 8.79. The minimum Gasteiger partial charge on any atom is -0.308 e. The minimum atomic E-state index is 0.235. The maximum absolute atomic E-state index is 8.79. The Balaban J connectivity index is 2.04. The first-order valence-corrected chi connectivity index (χ1v) is 5.96. The van der Waals surface area contributed by atoms with Gasteiger partial charge in [0.05, 0.1) is 17.7 Å². The van der Waals surface area contributed by atoms with Crippen LogP contribution < -0.4 is 5.32 Å². The van der Waals surface area contributed by atoms with Gasteiger partial charge in [-0.05, 0) is 31.2 Å². The number of aromatic nitrogens is 3. The van der Waals surface area contributed by atoms with Crippen LogP contribution in [-0.2, 0) is 6.54 Å². The summed E-state index contributed by atoms with van der Waals surface area (Å²) < 4.78 is 2.14. The Morgan fingerprint density at radius 1 is 1.33 bits per heavy atom. The van der Waals surface area contributed by atoms with Crippen LogP contribution in [0.4, 0.5) is 0 Å². The van der Waals surface area contributed by atoms with Gasteiger partial charge in [-0.25, -0.2) is 0 Å². The third-order valence-electron chi connectivity index (χ3n) is 3.22. The fourth-order valence-corrected chi connectivity index (χ4v) is 2.25. The number of hydrogen-bond acceptors (Lipinski definition) is 4.